The zero-order valence-electron chi connectivity index (χ0n) is 7.91. The van der Waals surface area contributed by atoms with Gasteiger partial charge in [-0.1, -0.05) is 43.0 Å². The normalized spacial score (nSPS) is 17.1. The highest BCUT2D eigenvalue weighted by molar-refractivity contribution is 8.03. The van der Waals surface area contributed by atoms with Gasteiger partial charge in [0.1, 0.15) is 0 Å². The number of hydrogen-bond donors (Lipinski definition) is 0. The molecule has 1 aliphatic rings. The summed E-state index contributed by atoms with van der Waals surface area (Å²) >= 11 is 2.00. The fraction of sp³-hybridized carbons (Fsp3) is 0.333. The van der Waals surface area contributed by atoms with Gasteiger partial charge >= 0.3 is 0 Å². The quantitative estimate of drug-likeness (QED) is 0.591. The minimum atomic E-state index is 1.15. The number of rotatable bonds is 5. The average Bonchev–Trinajstić information content (AvgIpc) is 2.63. The number of allylic oxidation sites excluding steroid dienone is 7. The van der Waals surface area contributed by atoms with E-state index in [1.165, 1.54) is 18.6 Å². The van der Waals surface area contributed by atoms with E-state index in [-0.39, 0.29) is 0 Å². The van der Waals surface area contributed by atoms with Crippen LogP contribution in [0.5, 0.6) is 0 Å². The van der Waals surface area contributed by atoms with Crippen LogP contribution in [0.15, 0.2) is 47.9 Å². The minimum Gasteiger partial charge on any atom is -0.131 e. The molecule has 1 heterocycles. The number of thioether (sulfide) groups is 1. The Bertz CT molecular complexity index is 234. The molecule has 0 N–H and O–H groups in total. The van der Waals surface area contributed by atoms with Crippen molar-refractivity contribution in [1.82, 2.24) is 0 Å². The van der Waals surface area contributed by atoms with E-state index < -0.39 is 0 Å². The highest BCUT2D eigenvalue weighted by Gasteiger charge is 2.02. The molecule has 0 aliphatic carbocycles. The van der Waals surface area contributed by atoms with Gasteiger partial charge in [-0.3, -0.25) is 0 Å². The van der Waals surface area contributed by atoms with Crippen molar-refractivity contribution in [2.45, 2.75) is 19.3 Å². The van der Waals surface area contributed by atoms with Gasteiger partial charge < -0.3 is 0 Å². The molecule has 0 atom stereocenters. The molecule has 0 amide bonds. The Morgan fingerprint density at radius 3 is 3.00 bits per heavy atom. The van der Waals surface area contributed by atoms with Gasteiger partial charge in [0.2, 0.25) is 0 Å². The summed E-state index contributed by atoms with van der Waals surface area (Å²) in [6.07, 6.45) is 16.0. The van der Waals surface area contributed by atoms with E-state index in [1.54, 1.807) is 11.0 Å². The van der Waals surface area contributed by atoms with E-state index in [0.29, 0.717) is 0 Å². The third kappa shape index (κ3) is 4.79. The highest BCUT2D eigenvalue weighted by atomic mass is 32.2. The predicted octanol–water partition coefficient (Wildman–Crippen LogP) is 4.09. The molecule has 0 radical (unpaired) electrons. The van der Waals surface area contributed by atoms with Crippen LogP contribution >= 0.6 is 11.8 Å². The fourth-order valence-electron chi connectivity index (χ4n) is 1.19. The molecule has 0 saturated carbocycles. The minimum absolute atomic E-state index is 1.15. The summed E-state index contributed by atoms with van der Waals surface area (Å²) in [6.45, 7) is 3.61. The first-order valence-corrected chi connectivity index (χ1v) is 5.68. The molecular weight excluding hydrogens is 176 g/mol. The molecular formula is C12H16S. The second kappa shape index (κ2) is 6.79. The van der Waals surface area contributed by atoms with Gasteiger partial charge in [-0.2, -0.15) is 0 Å². The predicted molar refractivity (Wildman–Crippen MR) is 62.9 cm³/mol. The van der Waals surface area contributed by atoms with Crippen molar-refractivity contribution in [3.8, 4) is 0 Å². The molecule has 0 unspecified atom stereocenters. The molecule has 1 rings (SSSR count). The van der Waals surface area contributed by atoms with Crippen molar-refractivity contribution in [2.24, 2.45) is 0 Å². The third-order valence-electron chi connectivity index (χ3n) is 1.83. The zero-order valence-corrected chi connectivity index (χ0v) is 8.72. The standard InChI is InChI=1S/C12H16S/c1-2-3-4-5-6-7-9-12-10-8-11-13-12/h2-6,10H,1,7-9,11H2/b4-3-,6-5-. The van der Waals surface area contributed by atoms with E-state index in [9.17, 15) is 0 Å². The van der Waals surface area contributed by atoms with Crippen LogP contribution in [0.3, 0.4) is 0 Å². The topological polar surface area (TPSA) is 0 Å². The first-order chi connectivity index (χ1) is 6.43. The van der Waals surface area contributed by atoms with Crippen molar-refractivity contribution in [3.05, 3.63) is 47.9 Å². The zero-order chi connectivity index (χ0) is 9.36. The smallest absolute Gasteiger partial charge is 0.00117 e. The summed E-state index contributed by atoms with van der Waals surface area (Å²) in [7, 11) is 0. The third-order valence-corrected chi connectivity index (χ3v) is 3.01. The van der Waals surface area contributed by atoms with E-state index in [2.05, 4.69) is 24.8 Å². The Morgan fingerprint density at radius 2 is 2.31 bits per heavy atom. The second-order valence-electron chi connectivity index (χ2n) is 2.90. The molecule has 0 saturated heterocycles. The summed E-state index contributed by atoms with van der Waals surface area (Å²) in [5, 5.41) is 0. The van der Waals surface area contributed by atoms with E-state index in [1.807, 2.05) is 23.9 Å². The van der Waals surface area contributed by atoms with Crippen molar-refractivity contribution < 1.29 is 0 Å². The maximum Gasteiger partial charge on any atom is 0.00117 e. The van der Waals surface area contributed by atoms with Crippen molar-refractivity contribution >= 4 is 11.8 Å². The Kier molecular flexibility index (Phi) is 5.42. The molecule has 1 heteroatoms. The summed E-state index contributed by atoms with van der Waals surface area (Å²) in [6, 6.07) is 0. The lowest BCUT2D eigenvalue weighted by Crippen LogP contribution is -1.71. The Morgan fingerprint density at radius 1 is 1.38 bits per heavy atom. The Hall–Kier alpha value is -0.690. The van der Waals surface area contributed by atoms with Crippen molar-refractivity contribution in [1.29, 1.82) is 0 Å². The first kappa shape index (κ1) is 10.4. The van der Waals surface area contributed by atoms with Gasteiger partial charge in [0.15, 0.2) is 0 Å². The van der Waals surface area contributed by atoms with Gasteiger partial charge in [-0.05, 0) is 24.2 Å². The molecule has 0 bridgehead atoms. The Balaban J connectivity index is 2.09. The van der Waals surface area contributed by atoms with Crippen LogP contribution in [0, 0.1) is 0 Å². The molecule has 0 fully saturated rings. The molecule has 70 valence electrons. The van der Waals surface area contributed by atoms with Crippen molar-refractivity contribution in [2.75, 3.05) is 5.75 Å². The van der Waals surface area contributed by atoms with Crippen LogP contribution in [0.1, 0.15) is 19.3 Å². The molecule has 0 aromatic carbocycles. The van der Waals surface area contributed by atoms with Gasteiger partial charge in [0.25, 0.3) is 0 Å². The molecule has 0 nitrogen and oxygen atoms in total. The average molecular weight is 192 g/mol. The summed E-state index contributed by atoms with van der Waals surface area (Å²) < 4.78 is 0. The largest absolute Gasteiger partial charge is 0.131 e. The van der Waals surface area contributed by atoms with Crippen LogP contribution in [0.2, 0.25) is 0 Å². The summed E-state index contributed by atoms with van der Waals surface area (Å²) in [5.41, 5.74) is 0. The second-order valence-corrected chi connectivity index (χ2v) is 4.12. The van der Waals surface area contributed by atoms with Gasteiger partial charge in [0.05, 0.1) is 0 Å². The van der Waals surface area contributed by atoms with Crippen LogP contribution < -0.4 is 0 Å². The lowest BCUT2D eigenvalue weighted by molar-refractivity contribution is 1.03. The van der Waals surface area contributed by atoms with Gasteiger partial charge in [-0.15, -0.1) is 11.8 Å². The van der Waals surface area contributed by atoms with Crippen LogP contribution in [-0.4, -0.2) is 5.75 Å². The highest BCUT2D eigenvalue weighted by Crippen LogP contribution is 2.28. The number of hydrogen-bond acceptors (Lipinski definition) is 1. The first-order valence-electron chi connectivity index (χ1n) is 4.69. The van der Waals surface area contributed by atoms with Gasteiger partial charge in [-0.25, -0.2) is 0 Å². The maximum atomic E-state index is 3.61. The monoisotopic (exact) mass is 192 g/mol. The summed E-state index contributed by atoms with van der Waals surface area (Å²) in [4.78, 5) is 1.57. The van der Waals surface area contributed by atoms with E-state index >= 15 is 0 Å². The molecule has 13 heavy (non-hydrogen) atoms. The Labute approximate surface area is 85.1 Å². The van der Waals surface area contributed by atoms with Crippen LogP contribution in [0.25, 0.3) is 0 Å². The summed E-state index contributed by atoms with van der Waals surface area (Å²) in [5.74, 6) is 1.29. The molecule has 0 spiro atoms. The molecule has 0 aromatic heterocycles. The van der Waals surface area contributed by atoms with Crippen molar-refractivity contribution in [3.63, 3.8) is 0 Å². The lowest BCUT2D eigenvalue weighted by Gasteiger charge is -1.95. The SMILES string of the molecule is C=C/C=C\C=C/CCC1=CCCS1. The molecule has 0 aromatic rings. The van der Waals surface area contributed by atoms with Crippen LogP contribution in [-0.2, 0) is 0 Å². The van der Waals surface area contributed by atoms with E-state index in [4.69, 9.17) is 0 Å². The maximum absolute atomic E-state index is 3.61. The van der Waals surface area contributed by atoms with Crippen LogP contribution in [0.4, 0.5) is 0 Å². The van der Waals surface area contributed by atoms with E-state index in [0.717, 1.165) is 6.42 Å². The van der Waals surface area contributed by atoms with Gasteiger partial charge in [0, 0.05) is 5.75 Å². The fourth-order valence-corrected chi connectivity index (χ4v) is 2.18. The molecule has 1 aliphatic heterocycles. The lowest BCUT2D eigenvalue weighted by atomic mass is 10.2.